The Kier molecular flexibility index (Phi) is 5.42. The molecule has 5 nitrogen and oxygen atoms in total. The predicted molar refractivity (Wildman–Crippen MR) is 59.1 cm³/mol. The van der Waals surface area contributed by atoms with Gasteiger partial charge in [0.1, 0.15) is 0 Å². The van der Waals surface area contributed by atoms with Gasteiger partial charge >= 0.3 is 0 Å². The zero-order chi connectivity index (χ0) is 12.0. The zero-order valence-corrected chi connectivity index (χ0v) is 10.1. The summed E-state index contributed by atoms with van der Waals surface area (Å²) >= 11 is 0. The van der Waals surface area contributed by atoms with Crippen LogP contribution in [0.15, 0.2) is 4.52 Å². The first-order valence-corrected chi connectivity index (χ1v) is 5.68. The maximum Gasteiger partial charge on any atom is 0.229 e. The lowest BCUT2D eigenvalue weighted by Gasteiger charge is -2.05. The molecule has 0 saturated heterocycles. The van der Waals surface area contributed by atoms with Crippen molar-refractivity contribution in [3.8, 4) is 0 Å². The van der Waals surface area contributed by atoms with Gasteiger partial charge in [-0.05, 0) is 13.3 Å². The number of hydrogen-bond donors (Lipinski definition) is 1. The molecule has 0 aliphatic rings. The second-order valence-corrected chi connectivity index (χ2v) is 4.00. The molecule has 0 aliphatic carbocycles. The zero-order valence-electron chi connectivity index (χ0n) is 10.1. The van der Waals surface area contributed by atoms with Gasteiger partial charge in [-0.2, -0.15) is 4.98 Å². The topological polar surface area (TPSA) is 68.4 Å². The maximum atomic E-state index is 9.59. The Hall–Kier alpha value is -0.940. The molecule has 0 aliphatic heterocycles. The first-order valence-electron chi connectivity index (χ1n) is 5.68. The molecular weight excluding hydrogens is 208 g/mol. The van der Waals surface area contributed by atoms with E-state index >= 15 is 0 Å². The molecule has 0 aromatic carbocycles. The van der Waals surface area contributed by atoms with E-state index in [1.807, 2.05) is 13.8 Å². The first kappa shape index (κ1) is 13.1. The smallest absolute Gasteiger partial charge is 0.229 e. The summed E-state index contributed by atoms with van der Waals surface area (Å²) in [7, 11) is 1.65. The first-order chi connectivity index (χ1) is 7.65. The number of methoxy groups -OCH3 is 1. The number of aromatic nitrogens is 2. The highest BCUT2D eigenvalue weighted by Crippen LogP contribution is 2.07. The Labute approximate surface area is 95.8 Å². The Balaban J connectivity index is 2.44. The van der Waals surface area contributed by atoms with E-state index in [2.05, 4.69) is 10.1 Å². The number of rotatable bonds is 7. The van der Waals surface area contributed by atoms with E-state index in [-0.39, 0.29) is 6.10 Å². The van der Waals surface area contributed by atoms with Crippen LogP contribution in [0, 0.1) is 0 Å². The van der Waals surface area contributed by atoms with E-state index in [1.54, 1.807) is 7.11 Å². The molecule has 0 radical (unpaired) electrons. The molecule has 0 bridgehead atoms. The van der Waals surface area contributed by atoms with Crippen molar-refractivity contribution in [2.45, 2.75) is 51.7 Å². The number of aliphatic hydroxyl groups is 1. The molecule has 1 aromatic rings. The summed E-state index contributed by atoms with van der Waals surface area (Å²) in [5, 5.41) is 13.4. The van der Waals surface area contributed by atoms with Crippen LogP contribution in [0.1, 0.15) is 38.4 Å². The third kappa shape index (κ3) is 4.28. The second kappa shape index (κ2) is 6.60. The molecule has 1 heterocycles. The second-order valence-electron chi connectivity index (χ2n) is 4.00. The molecule has 1 N–H and O–H groups in total. The fraction of sp³-hybridized carbons (Fsp3) is 0.818. The van der Waals surface area contributed by atoms with Crippen LogP contribution in [0.3, 0.4) is 0 Å². The fourth-order valence-corrected chi connectivity index (χ4v) is 1.43. The SMILES string of the molecule is CCCC(O)Cc1nc(CC(C)OC)no1. The van der Waals surface area contributed by atoms with Crippen LogP contribution in [0.4, 0.5) is 0 Å². The van der Waals surface area contributed by atoms with E-state index in [4.69, 9.17) is 9.26 Å². The van der Waals surface area contributed by atoms with Crippen molar-refractivity contribution >= 4 is 0 Å². The largest absolute Gasteiger partial charge is 0.393 e. The van der Waals surface area contributed by atoms with E-state index in [1.165, 1.54) is 0 Å². The Morgan fingerprint density at radius 2 is 2.19 bits per heavy atom. The van der Waals surface area contributed by atoms with Gasteiger partial charge in [0.15, 0.2) is 5.82 Å². The minimum absolute atomic E-state index is 0.0750. The van der Waals surface area contributed by atoms with Crippen molar-refractivity contribution in [2.75, 3.05) is 7.11 Å². The van der Waals surface area contributed by atoms with Gasteiger partial charge in [-0.25, -0.2) is 0 Å². The maximum absolute atomic E-state index is 9.59. The summed E-state index contributed by atoms with van der Waals surface area (Å²) in [6.07, 6.45) is 2.45. The predicted octanol–water partition coefficient (Wildman–Crippen LogP) is 1.35. The van der Waals surface area contributed by atoms with Gasteiger partial charge in [-0.1, -0.05) is 18.5 Å². The van der Waals surface area contributed by atoms with Gasteiger partial charge in [0, 0.05) is 13.5 Å². The molecular formula is C11H20N2O3. The summed E-state index contributed by atoms with van der Waals surface area (Å²) in [5.41, 5.74) is 0. The minimum Gasteiger partial charge on any atom is -0.393 e. The van der Waals surface area contributed by atoms with Gasteiger partial charge in [0.2, 0.25) is 5.89 Å². The van der Waals surface area contributed by atoms with Crippen LogP contribution in [-0.4, -0.2) is 34.6 Å². The van der Waals surface area contributed by atoms with Gasteiger partial charge in [-0.3, -0.25) is 0 Å². The fourth-order valence-electron chi connectivity index (χ4n) is 1.43. The van der Waals surface area contributed by atoms with Crippen molar-refractivity contribution in [1.29, 1.82) is 0 Å². The molecule has 2 atom stereocenters. The van der Waals surface area contributed by atoms with Crippen LogP contribution < -0.4 is 0 Å². The Morgan fingerprint density at radius 1 is 1.44 bits per heavy atom. The van der Waals surface area contributed by atoms with E-state index in [0.29, 0.717) is 24.6 Å². The Morgan fingerprint density at radius 3 is 2.81 bits per heavy atom. The summed E-state index contributed by atoms with van der Waals surface area (Å²) in [6.45, 7) is 3.98. The summed E-state index contributed by atoms with van der Waals surface area (Å²) in [6, 6.07) is 0. The molecule has 1 aromatic heterocycles. The average molecular weight is 228 g/mol. The van der Waals surface area contributed by atoms with Crippen molar-refractivity contribution in [3.05, 3.63) is 11.7 Å². The molecule has 2 unspecified atom stereocenters. The molecule has 1 rings (SSSR count). The van der Waals surface area contributed by atoms with Crippen molar-refractivity contribution in [2.24, 2.45) is 0 Å². The third-order valence-electron chi connectivity index (χ3n) is 2.41. The van der Waals surface area contributed by atoms with Crippen LogP contribution in [0.5, 0.6) is 0 Å². The number of ether oxygens (including phenoxy) is 1. The van der Waals surface area contributed by atoms with Gasteiger partial charge in [0.25, 0.3) is 0 Å². The molecule has 0 amide bonds. The lowest BCUT2D eigenvalue weighted by Crippen LogP contribution is -2.11. The average Bonchev–Trinajstić information content (AvgIpc) is 2.65. The van der Waals surface area contributed by atoms with E-state index < -0.39 is 6.10 Å². The lowest BCUT2D eigenvalue weighted by molar-refractivity contribution is 0.116. The third-order valence-corrected chi connectivity index (χ3v) is 2.41. The molecule has 16 heavy (non-hydrogen) atoms. The minimum atomic E-state index is -0.391. The van der Waals surface area contributed by atoms with Crippen molar-refractivity contribution in [3.63, 3.8) is 0 Å². The van der Waals surface area contributed by atoms with Gasteiger partial charge < -0.3 is 14.4 Å². The highest BCUT2D eigenvalue weighted by Gasteiger charge is 2.13. The summed E-state index contributed by atoms with van der Waals surface area (Å²) in [4.78, 5) is 4.20. The van der Waals surface area contributed by atoms with Crippen molar-refractivity contribution in [1.82, 2.24) is 10.1 Å². The van der Waals surface area contributed by atoms with Crippen LogP contribution in [0.25, 0.3) is 0 Å². The summed E-state index contributed by atoms with van der Waals surface area (Å²) < 4.78 is 10.2. The molecule has 0 spiro atoms. The van der Waals surface area contributed by atoms with Crippen LogP contribution >= 0.6 is 0 Å². The molecule has 5 heteroatoms. The number of aliphatic hydroxyl groups excluding tert-OH is 1. The quantitative estimate of drug-likeness (QED) is 0.763. The van der Waals surface area contributed by atoms with E-state index in [0.717, 1.165) is 12.8 Å². The van der Waals surface area contributed by atoms with Crippen molar-refractivity contribution < 1.29 is 14.4 Å². The molecule has 0 fully saturated rings. The Bertz CT molecular complexity index is 301. The lowest BCUT2D eigenvalue weighted by atomic mass is 10.1. The van der Waals surface area contributed by atoms with Gasteiger partial charge in [0.05, 0.1) is 18.6 Å². The number of nitrogens with zero attached hydrogens (tertiary/aromatic N) is 2. The standard InChI is InChI=1S/C11H20N2O3/c1-4-5-9(14)7-11-12-10(13-16-11)6-8(2)15-3/h8-9,14H,4-7H2,1-3H3. The van der Waals surface area contributed by atoms with E-state index in [9.17, 15) is 5.11 Å². The van der Waals surface area contributed by atoms with Gasteiger partial charge in [-0.15, -0.1) is 0 Å². The molecule has 92 valence electrons. The summed E-state index contributed by atoms with van der Waals surface area (Å²) in [5.74, 6) is 1.13. The normalized spacial score (nSPS) is 15.0. The molecule has 0 saturated carbocycles. The highest BCUT2D eigenvalue weighted by atomic mass is 16.5. The number of hydrogen-bond acceptors (Lipinski definition) is 5. The van der Waals surface area contributed by atoms with Crippen LogP contribution in [0.2, 0.25) is 0 Å². The highest BCUT2D eigenvalue weighted by molar-refractivity contribution is 4.89. The van der Waals surface area contributed by atoms with Crippen LogP contribution in [-0.2, 0) is 17.6 Å². The monoisotopic (exact) mass is 228 g/mol.